The molecule has 180 valence electrons. The lowest BCUT2D eigenvalue weighted by Gasteiger charge is -2.20. The van der Waals surface area contributed by atoms with Crippen molar-refractivity contribution in [1.82, 2.24) is 0 Å². The first-order chi connectivity index (χ1) is 16.8. The van der Waals surface area contributed by atoms with Crippen molar-refractivity contribution in [2.45, 2.75) is 5.92 Å². The molecule has 9 nitrogen and oxygen atoms in total. The van der Waals surface area contributed by atoms with Crippen LogP contribution in [0.1, 0.15) is 11.5 Å². The Morgan fingerprint density at radius 1 is 0.886 bits per heavy atom. The molecule has 0 aromatic heterocycles. The van der Waals surface area contributed by atoms with Gasteiger partial charge in [-0.1, -0.05) is 70.2 Å². The normalized spacial score (nSPS) is 11.1. The highest BCUT2D eigenvalue weighted by Gasteiger charge is 2.30. The van der Waals surface area contributed by atoms with Crippen molar-refractivity contribution in [3.8, 4) is 11.5 Å². The largest absolute Gasteiger partial charge is 0.493 e. The molecule has 12 heteroatoms. The van der Waals surface area contributed by atoms with Crippen LogP contribution in [-0.2, 0) is 9.59 Å². The molecule has 0 fully saturated rings. The third-order valence-electron chi connectivity index (χ3n) is 4.78. The molecule has 0 bridgehead atoms. The van der Waals surface area contributed by atoms with Gasteiger partial charge in [0.1, 0.15) is 5.92 Å². The topological polar surface area (TPSA) is 125 Å². The van der Waals surface area contributed by atoms with Crippen LogP contribution in [0.4, 0.5) is 17.1 Å². The summed E-state index contributed by atoms with van der Waals surface area (Å²) in [7, 11) is 2.75. The van der Waals surface area contributed by atoms with Crippen LogP contribution < -0.4 is 20.1 Å². The molecule has 0 spiro atoms. The van der Waals surface area contributed by atoms with Crippen LogP contribution in [0.15, 0.2) is 59.7 Å². The number of anilines is 2. The van der Waals surface area contributed by atoms with Crippen LogP contribution >= 0.6 is 34.8 Å². The van der Waals surface area contributed by atoms with Crippen molar-refractivity contribution in [3.63, 3.8) is 0 Å². The summed E-state index contributed by atoms with van der Waals surface area (Å²) in [5.41, 5.74) is 9.62. The summed E-state index contributed by atoms with van der Waals surface area (Å²) in [4.78, 5) is 29.5. The summed E-state index contributed by atoms with van der Waals surface area (Å²) in [5, 5.41) is 9.37. The van der Waals surface area contributed by atoms with Gasteiger partial charge in [-0.2, -0.15) is 0 Å². The first-order valence-corrected chi connectivity index (χ1v) is 11.0. The van der Waals surface area contributed by atoms with Gasteiger partial charge in [0.05, 0.1) is 35.6 Å². The summed E-state index contributed by atoms with van der Waals surface area (Å²) >= 11 is 18.5. The second-order valence-electron chi connectivity index (χ2n) is 6.99. The van der Waals surface area contributed by atoms with Crippen molar-refractivity contribution >= 4 is 63.7 Å². The number of carbonyl (C=O) groups is 2. The SMILES string of the molecule is COc1c(Cl)cc(Cl)cc1NC(=O)C(C(=O)Nc1cc(N=[N+]=[N-])cc(Cl)c1OC)c1ccccc1. The second kappa shape index (κ2) is 11.7. The number of nitrogens with one attached hydrogen (secondary N) is 2. The molecule has 2 amide bonds. The smallest absolute Gasteiger partial charge is 0.241 e. The van der Waals surface area contributed by atoms with Crippen LogP contribution in [0.3, 0.4) is 0 Å². The predicted molar refractivity (Wildman–Crippen MR) is 136 cm³/mol. The fourth-order valence-electron chi connectivity index (χ4n) is 3.33. The zero-order valence-corrected chi connectivity index (χ0v) is 20.6. The number of hydrogen-bond donors (Lipinski definition) is 2. The predicted octanol–water partition coefficient (Wildman–Crippen LogP) is 6.97. The van der Waals surface area contributed by atoms with E-state index in [1.807, 2.05) is 0 Å². The van der Waals surface area contributed by atoms with Gasteiger partial charge < -0.3 is 20.1 Å². The standard InChI is InChI=1S/C23H18Cl3N5O4/c1-34-20-15(25)8-13(24)9-17(20)28-22(32)19(12-6-4-3-5-7-12)23(33)29-18-11-14(30-31-27)10-16(26)21(18)35-2/h3-11,19H,1-2H3,(H,28,32)(H,29,33). The van der Waals surface area contributed by atoms with E-state index in [0.717, 1.165) is 0 Å². The van der Waals surface area contributed by atoms with Crippen LogP contribution in [0.5, 0.6) is 11.5 Å². The number of amides is 2. The molecule has 3 aromatic carbocycles. The molecule has 2 N–H and O–H groups in total. The maximum absolute atomic E-state index is 13.4. The van der Waals surface area contributed by atoms with Gasteiger partial charge in [-0.25, -0.2) is 0 Å². The Morgan fingerprint density at radius 2 is 1.43 bits per heavy atom. The molecule has 0 saturated heterocycles. The van der Waals surface area contributed by atoms with Crippen LogP contribution in [0, 0.1) is 0 Å². The molecule has 0 aliphatic rings. The van der Waals surface area contributed by atoms with Gasteiger partial charge in [0, 0.05) is 15.6 Å². The number of nitrogens with zero attached hydrogens (tertiary/aromatic N) is 3. The molecule has 0 saturated carbocycles. The Kier molecular flexibility index (Phi) is 8.68. The van der Waals surface area contributed by atoms with E-state index in [2.05, 4.69) is 20.7 Å². The third kappa shape index (κ3) is 6.09. The van der Waals surface area contributed by atoms with Crippen LogP contribution in [0.25, 0.3) is 10.4 Å². The van der Waals surface area contributed by atoms with E-state index in [4.69, 9.17) is 49.8 Å². The molecule has 0 heterocycles. The average molecular weight is 535 g/mol. The number of azide groups is 1. The number of halogens is 3. The lowest BCUT2D eigenvalue weighted by molar-refractivity contribution is -0.126. The Bertz CT molecular complexity index is 1310. The first-order valence-electron chi connectivity index (χ1n) is 9.91. The third-order valence-corrected chi connectivity index (χ3v) is 5.56. The van der Waals surface area contributed by atoms with Gasteiger partial charge in [-0.05, 0) is 35.4 Å². The quantitative estimate of drug-likeness (QED) is 0.140. The zero-order chi connectivity index (χ0) is 25.5. The van der Waals surface area contributed by atoms with Crippen molar-refractivity contribution in [2.24, 2.45) is 5.11 Å². The summed E-state index contributed by atoms with van der Waals surface area (Å²) in [6.07, 6.45) is 0. The minimum atomic E-state index is -1.31. The monoisotopic (exact) mass is 533 g/mol. The van der Waals surface area contributed by atoms with E-state index in [-0.39, 0.29) is 43.6 Å². The maximum Gasteiger partial charge on any atom is 0.241 e. The number of rotatable bonds is 8. The summed E-state index contributed by atoms with van der Waals surface area (Å²) in [6.45, 7) is 0. The average Bonchev–Trinajstić information content (AvgIpc) is 2.80. The number of ether oxygens (including phenoxy) is 2. The highest BCUT2D eigenvalue weighted by atomic mass is 35.5. The van der Waals surface area contributed by atoms with E-state index < -0.39 is 17.7 Å². The molecule has 1 unspecified atom stereocenters. The van der Waals surface area contributed by atoms with Gasteiger partial charge in [-0.15, -0.1) is 0 Å². The molecule has 0 aliphatic carbocycles. The van der Waals surface area contributed by atoms with E-state index in [9.17, 15) is 9.59 Å². The number of methoxy groups -OCH3 is 2. The van der Waals surface area contributed by atoms with E-state index in [1.165, 1.54) is 38.5 Å². The molecule has 0 aliphatic heterocycles. The first kappa shape index (κ1) is 26.0. The lowest BCUT2D eigenvalue weighted by Crippen LogP contribution is -2.32. The molecule has 3 aromatic rings. The Balaban J connectivity index is 2.01. The molecular formula is C23H18Cl3N5O4. The summed E-state index contributed by atoms with van der Waals surface area (Å²) in [5.74, 6) is -2.38. The second-order valence-corrected chi connectivity index (χ2v) is 8.24. The van der Waals surface area contributed by atoms with Crippen LogP contribution in [-0.4, -0.2) is 26.0 Å². The fourth-order valence-corrected chi connectivity index (χ4v) is 4.19. The van der Waals surface area contributed by atoms with Crippen LogP contribution in [0.2, 0.25) is 15.1 Å². The van der Waals surface area contributed by atoms with E-state index >= 15 is 0 Å². The van der Waals surface area contributed by atoms with Gasteiger partial charge in [0.25, 0.3) is 0 Å². The van der Waals surface area contributed by atoms with Crippen molar-refractivity contribution in [3.05, 3.63) is 85.7 Å². The Hall–Kier alpha value is -3.62. The van der Waals surface area contributed by atoms with Gasteiger partial charge in [0.15, 0.2) is 11.5 Å². The van der Waals surface area contributed by atoms with Crippen molar-refractivity contribution in [2.75, 3.05) is 24.9 Å². The minimum Gasteiger partial charge on any atom is -0.493 e. The van der Waals surface area contributed by atoms with E-state index in [0.29, 0.717) is 5.56 Å². The van der Waals surface area contributed by atoms with E-state index in [1.54, 1.807) is 30.3 Å². The minimum absolute atomic E-state index is 0.103. The number of benzene rings is 3. The molecule has 35 heavy (non-hydrogen) atoms. The van der Waals surface area contributed by atoms with Crippen molar-refractivity contribution < 1.29 is 19.1 Å². The summed E-state index contributed by atoms with van der Waals surface area (Å²) in [6, 6.07) is 14.1. The Labute approximate surface area is 215 Å². The highest BCUT2D eigenvalue weighted by Crippen LogP contribution is 2.39. The molecule has 3 rings (SSSR count). The molecular weight excluding hydrogens is 517 g/mol. The maximum atomic E-state index is 13.4. The lowest BCUT2D eigenvalue weighted by atomic mass is 9.96. The number of hydrogen-bond acceptors (Lipinski definition) is 5. The molecule has 0 radical (unpaired) electrons. The molecule has 1 atom stereocenters. The van der Waals surface area contributed by atoms with Gasteiger partial charge >= 0.3 is 0 Å². The zero-order valence-electron chi connectivity index (χ0n) is 18.4. The fraction of sp³-hybridized carbons (Fsp3) is 0.130. The summed E-state index contributed by atoms with van der Waals surface area (Å²) < 4.78 is 10.6. The number of carbonyl (C=O) groups excluding carboxylic acids is 2. The van der Waals surface area contributed by atoms with Gasteiger partial charge in [0.2, 0.25) is 11.8 Å². The Morgan fingerprint density at radius 3 is 1.97 bits per heavy atom. The highest BCUT2D eigenvalue weighted by molar-refractivity contribution is 6.36. The van der Waals surface area contributed by atoms with Crippen molar-refractivity contribution in [1.29, 1.82) is 0 Å². The van der Waals surface area contributed by atoms with Gasteiger partial charge in [-0.3, -0.25) is 9.59 Å².